The van der Waals surface area contributed by atoms with Crippen molar-refractivity contribution in [3.8, 4) is 11.3 Å². The van der Waals surface area contributed by atoms with Crippen LogP contribution in [-0.4, -0.2) is 15.9 Å². The van der Waals surface area contributed by atoms with Gasteiger partial charge in [0.2, 0.25) is 0 Å². The first-order chi connectivity index (χ1) is 18.5. The summed E-state index contributed by atoms with van der Waals surface area (Å²) < 4.78 is 6.25. The summed E-state index contributed by atoms with van der Waals surface area (Å²) >= 11 is 0. The molecule has 211 valence electrons. The fourth-order valence-electron chi connectivity index (χ4n) is 4.57. The molecule has 1 N–H and O–H groups in total. The largest absolute Gasteiger partial charge is 0.512 e. The van der Waals surface area contributed by atoms with Crippen molar-refractivity contribution in [3.63, 3.8) is 0 Å². The molecule has 0 aliphatic rings. The minimum Gasteiger partial charge on any atom is -0.512 e. The molecule has 0 bridgehead atoms. The van der Waals surface area contributed by atoms with Crippen molar-refractivity contribution >= 4 is 38.5 Å². The van der Waals surface area contributed by atoms with Gasteiger partial charge in [-0.05, 0) is 46.5 Å². The minimum absolute atomic E-state index is 0. The second-order valence-corrected chi connectivity index (χ2v) is 11.3. The Hall–Kier alpha value is -3.27. The number of aryl methyl sites for hydroxylation is 1. The standard InChI is InChI=1S/C26H22NO.C9H16O2.Ir/c1-16(2)12-18-8-9-20-19(15-18)10-11-27-25(20)23-14-17(3)13-22-21-6-4-5-7-24(21)28-26(22)23;1-6(2)8(10)5-9(11)7(3)4;/h4-11,13,15-16H,12H2,1-3H3;5-7,10H,1-4H3;/q-1;;/b;8-5-;. The van der Waals surface area contributed by atoms with Crippen molar-refractivity contribution in [1.29, 1.82) is 0 Å². The molecule has 0 atom stereocenters. The van der Waals surface area contributed by atoms with Crippen LogP contribution in [-0.2, 0) is 31.3 Å². The van der Waals surface area contributed by atoms with Crippen LogP contribution in [0.5, 0.6) is 0 Å². The Morgan fingerprint density at radius 3 is 2.35 bits per heavy atom. The van der Waals surface area contributed by atoms with Crippen molar-refractivity contribution < 1.29 is 34.4 Å². The Kier molecular flexibility index (Phi) is 10.5. The van der Waals surface area contributed by atoms with Gasteiger partial charge in [-0.3, -0.25) is 4.79 Å². The molecule has 4 nitrogen and oxygen atoms in total. The van der Waals surface area contributed by atoms with Crippen LogP contribution in [0.1, 0.15) is 52.7 Å². The Labute approximate surface area is 250 Å². The molecule has 5 aromatic rings. The number of carbonyl (C=O) groups excluding carboxylic acids is 1. The Morgan fingerprint density at radius 1 is 0.950 bits per heavy atom. The van der Waals surface area contributed by atoms with E-state index in [1.54, 1.807) is 0 Å². The molecular weight excluding hydrogens is 675 g/mol. The third-order valence-electron chi connectivity index (χ3n) is 6.70. The van der Waals surface area contributed by atoms with Gasteiger partial charge in [0, 0.05) is 49.6 Å². The predicted octanol–water partition coefficient (Wildman–Crippen LogP) is 9.42. The molecule has 2 heterocycles. The van der Waals surface area contributed by atoms with Gasteiger partial charge >= 0.3 is 0 Å². The number of hydrogen-bond donors (Lipinski definition) is 1. The van der Waals surface area contributed by atoms with E-state index in [2.05, 4.69) is 69.3 Å². The Morgan fingerprint density at radius 2 is 1.68 bits per heavy atom. The molecule has 0 unspecified atom stereocenters. The van der Waals surface area contributed by atoms with Gasteiger partial charge in [0.25, 0.3) is 0 Å². The van der Waals surface area contributed by atoms with Gasteiger partial charge in [0.1, 0.15) is 5.58 Å². The number of aliphatic hydroxyl groups is 1. The number of nitrogens with zero attached hydrogens (tertiary/aromatic N) is 1. The van der Waals surface area contributed by atoms with Crippen LogP contribution in [0.3, 0.4) is 0 Å². The third kappa shape index (κ3) is 7.08. The van der Waals surface area contributed by atoms with Crippen LogP contribution in [0.15, 0.2) is 77.0 Å². The third-order valence-corrected chi connectivity index (χ3v) is 6.70. The number of furan rings is 1. The second-order valence-electron chi connectivity index (χ2n) is 11.3. The molecule has 0 saturated carbocycles. The van der Waals surface area contributed by atoms with Crippen LogP contribution in [0, 0.1) is 30.7 Å². The van der Waals surface area contributed by atoms with Crippen LogP contribution in [0.4, 0.5) is 0 Å². The van der Waals surface area contributed by atoms with E-state index in [1.807, 2.05) is 46.0 Å². The number of fused-ring (bicyclic) bond motifs is 4. The normalized spacial score (nSPS) is 11.8. The zero-order valence-electron chi connectivity index (χ0n) is 24.3. The van der Waals surface area contributed by atoms with Gasteiger partial charge in [0.05, 0.1) is 11.3 Å². The number of allylic oxidation sites excluding steroid dienone is 2. The molecule has 1 radical (unpaired) electrons. The summed E-state index contributed by atoms with van der Waals surface area (Å²) in [7, 11) is 0. The van der Waals surface area contributed by atoms with Gasteiger partial charge in [-0.2, -0.15) is 0 Å². The maximum Gasteiger partial charge on any atom is 0.161 e. The van der Waals surface area contributed by atoms with E-state index in [-0.39, 0.29) is 43.5 Å². The monoisotopic (exact) mass is 713 g/mol. The van der Waals surface area contributed by atoms with Crippen molar-refractivity contribution in [2.45, 2.75) is 54.9 Å². The fraction of sp³-hybridized carbons (Fsp3) is 0.314. The van der Waals surface area contributed by atoms with E-state index in [1.165, 1.54) is 17.0 Å². The van der Waals surface area contributed by atoms with E-state index in [0.717, 1.165) is 50.6 Å². The van der Waals surface area contributed by atoms with Crippen LogP contribution < -0.4 is 0 Å². The summed E-state index contributed by atoms with van der Waals surface area (Å²) in [5.41, 5.74) is 6.08. The number of rotatable bonds is 6. The number of ketones is 1. The van der Waals surface area contributed by atoms with Crippen molar-refractivity contribution in [1.82, 2.24) is 4.98 Å². The topological polar surface area (TPSA) is 63.3 Å². The smallest absolute Gasteiger partial charge is 0.161 e. The van der Waals surface area contributed by atoms with E-state index < -0.39 is 0 Å². The zero-order valence-corrected chi connectivity index (χ0v) is 26.7. The van der Waals surface area contributed by atoms with Crippen molar-refractivity contribution in [2.24, 2.45) is 17.8 Å². The number of aliphatic hydroxyl groups excluding tert-OH is 1. The first-order valence-corrected chi connectivity index (χ1v) is 13.7. The molecule has 5 heteroatoms. The summed E-state index contributed by atoms with van der Waals surface area (Å²) in [6.07, 6.45) is 4.29. The number of benzene rings is 3. The van der Waals surface area contributed by atoms with E-state index >= 15 is 0 Å². The molecule has 0 saturated heterocycles. The summed E-state index contributed by atoms with van der Waals surface area (Å²) in [6.45, 7) is 13.9. The predicted molar refractivity (Wildman–Crippen MR) is 162 cm³/mol. The molecule has 0 spiro atoms. The number of carbonyl (C=O) groups is 1. The average molecular weight is 713 g/mol. The molecule has 40 heavy (non-hydrogen) atoms. The molecule has 0 amide bonds. The van der Waals surface area contributed by atoms with Gasteiger partial charge in [-0.25, -0.2) is 0 Å². The second kappa shape index (κ2) is 13.4. The molecule has 0 fully saturated rings. The van der Waals surface area contributed by atoms with E-state index in [0.29, 0.717) is 5.92 Å². The quantitative estimate of drug-likeness (QED) is 0.108. The van der Waals surface area contributed by atoms with Crippen LogP contribution in [0.25, 0.3) is 44.0 Å². The van der Waals surface area contributed by atoms with Crippen molar-refractivity contribution in [2.75, 3.05) is 0 Å². The SMILES string of the molecule is CC(C)C(=O)/C=C(\O)C(C)C.Cc1[c-]c(-c2nccc3cc(CC(C)C)ccc23)c2oc3ccccc3c2c1.[Ir]. The molecule has 0 aliphatic heterocycles. The molecule has 5 rings (SSSR count). The van der Waals surface area contributed by atoms with Crippen molar-refractivity contribution in [3.05, 3.63) is 89.8 Å². The summed E-state index contributed by atoms with van der Waals surface area (Å²) in [5, 5.41) is 13.8. The number of hydrogen-bond acceptors (Lipinski definition) is 4. The average Bonchev–Trinajstić information content (AvgIpc) is 3.26. The maximum absolute atomic E-state index is 11.0. The number of aromatic nitrogens is 1. The first kappa shape index (κ1) is 31.3. The van der Waals surface area contributed by atoms with Crippen LogP contribution in [0.2, 0.25) is 0 Å². The van der Waals surface area contributed by atoms with Crippen LogP contribution >= 0.6 is 0 Å². The summed E-state index contributed by atoms with van der Waals surface area (Å²) in [4.78, 5) is 15.8. The molecule has 2 aromatic heterocycles. The number of pyridine rings is 1. The molecule has 3 aromatic carbocycles. The maximum atomic E-state index is 11.0. The van der Waals surface area contributed by atoms with E-state index in [4.69, 9.17) is 9.40 Å². The van der Waals surface area contributed by atoms with Gasteiger partial charge in [0.15, 0.2) is 5.78 Å². The summed E-state index contributed by atoms with van der Waals surface area (Å²) in [5.74, 6) is 0.799. The Bertz CT molecular complexity index is 1660. The Balaban J connectivity index is 0.000000316. The van der Waals surface area contributed by atoms with Gasteiger partial charge < -0.3 is 14.5 Å². The molecule has 0 aliphatic carbocycles. The zero-order chi connectivity index (χ0) is 28.3. The fourth-order valence-corrected chi connectivity index (χ4v) is 4.57. The molecular formula is C35H38IrNO3-. The number of para-hydroxylation sites is 1. The minimum atomic E-state index is -0.0316. The van der Waals surface area contributed by atoms with Gasteiger partial charge in [-0.15, -0.1) is 17.7 Å². The summed E-state index contributed by atoms with van der Waals surface area (Å²) in [6, 6.07) is 22.6. The van der Waals surface area contributed by atoms with E-state index in [9.17, 15) is 9.90 Å². The first-order valence-electron chi connectivity index (χ1n) is 13.7. The van der Waals surface area contributed by atoms with Gasteiger partial charge in [-0.1, -0.05) is 95.8 Å².